The number of hydrogen-bond acceptors (Lipinski definition) is 4. The van der Waals surface area contributed by atoms with E-state index in [-0.39, 0.29) is 11.9 Å². The van der Waals surface area contributed by atoms with Crippen LogP contribution in [0.5, 0.6) is 0 Å². The Hall–Kier alpha value is -2.86. The number of benzene rings is 2. The molecule has 2 aromatic carbocycles. The molecule has 1 N–H and O–H groups in total. The van der Waals surface area contributed by atoms with Gasteiger partial charge in [-0.3, -0.25) is 0 Å². The fraction of sp³-hybridized carbons (Fsp3) is 0.423. The standard InChI is InChI=1S/C26H31ClN4O2/c1-16(2)21-11-6-12-22(17(3)4)23(21)28-26(32)31-13-7-9-19(15-31)25-29-24(30-33-25)18-8-5-10-20(27)14-18/h5-6,8,10-12,14,16-17,19H,7,9,13,15H2,1-4H3,(H,28,32). The molecule has 2 amide bonds. The summed E-state index contributed by atoms with van der Waals surface area (Å²) in [5, 5.41) is 7.99. The summed E-state index contributed by atoms with van der Waals surface area (Å²) in [5.74, 6) is 1.72. The van der Waals surface area contributed by atoms with Crippen molar-refractivity contribution in [2.75, 3.05) is 18.4 Å². The zero-order chi connectivity index (χ0) is 23.5. The van der Waals surface area contributed by atoms with Crippen LogP contribution in [0.2, 0.25) is 5.02 Å². The summed E-state index contributed by atoms with van der Waals surface area (Å²) >= 11 is 6.09. The van der Waals surface area contributed by atoms with Gasteiger partial charge in [0.1, 0.15) is 0 Å². The predicted molar refractivity (Wildman–Crippen MR) is 132 cm³/mol. The van der Waals surface area contributed by atoms with Crippen molar-refractivity contribution in [3.8, 4) is 11.4 Å². The van der Waals surface area contributed by atoms with Crippen LogP contribution >= 0.6 is 11.6 Å². The summed E-state index contributed by atoms with van der Waals surface area (Å²) in [6.45, 7) is 9.86. The molecule has 2 heterocycles. The number of carbonyl (C=O) groups excluding carboxylic acids is 1. The maximum absolute atomic E-state index is 13.3. The summed E-state index contributed by atoms with van der Waals surface area (Å²) in [7, 11) is 0. The topological polar surface area (TPSA) is 71.3 Å². The van der Waals surface area contributed by atoms with E-state index < -0.39 is 0 Å². The summed E-state index contributed by atoms with van der Waals surface area (Å²) in [5.41, 5.74) is 4.07. The highest BCUT2D eigenvalue weighted by Gasteiger charge is 2.29. The van der Waals surface area contributed by atoms with E-state index in [1.165, 1.54) is 0 Å². The number of carbonyl (C=O) groups is 1. The van der Waals surface area contributed by atoms with Crippen molar-refractivity contribution < 1.29 is 9.32 Å². The van der Waals surface area contributed by atoms with Crippen molar-refractivity contribution >= 4 is 23.3 Å². The van der Waals surface area contributed by atoms with Crippen molar-refractivity contribution in [2.45, 2.75) is 58.3 Å². The fourth-order valence-corrected chi connectivity index (χ4v) is 4.58. The van der Waals surface area contributed by atoms with Crippen LogP contribution in [0, 0.1) is 0 Å². The number of likely N-dealkylation sites (tertiary alicyclic amines) is 1. The van der Waals surface area contributed by atoms with Crippen molar-refractivity contribution in [3.63, 3.8) is 0 Å². The van der Waals surface area contributed by atoms with Gasteiger partial charge in [-0.25, -0.2) is 4.79 Å². The van der Waals surface area contributed by atoms with Crippen LogP contribution in [-0.4, -0.2) is 34.2 Å². The van der Waals surface area contributed by atoms with Gasteiger partial charge in [0.15, 0.2) is 0 Å². The second-order valence-corrected chi connectivity index (χ2v) is 9.74. The Bertz CT molecular complexity index is 1100. The largest absolute Gasteiger partial charge is 0.339 e. The Kier molecular flexibility index (Phi) is 7.03. The summed E-state index contributed by atoms with van der Waals surface area (Å²) in [6.07, 6.45) is 1.79. The lowest BCUT2D eigenvalue weighted by atomic mass is 9.92. The summed E-state index contributed by atoms with van der Waals surface area (Å²) in [6, 6.07) is 13.6. The Labute approximate surface area is 200 Å². The van der Waals surface area contributed by atoms with Gasteiger partial charge < -0.3 is 14.7 Å². The SMILES string of the molecule is CC(C)c1cccc(C(C)C)c1NC(=O)N1CCCC(c2nc(-c3cccc(Cl)c3)no2)C1. The lowest BCUT2D eigenvalue weighted by molar-refractivity contribution is 0.184. The molecule has 0 bridgehead atoms. The molecular weight excluding hydrogens is 436 g/mol. The van der Waals surface area contributed by atoms with E-state index >= 15 is 0 Å². The van der Waals surface area contributed by atoms with Crippen molar-refractivity contribution in [2.24, 2.45) is 0 Å². The second-order valence-electron chi connectivity index (χ2n) is 9.30. The molecule has 1 aliphatic rings. The first-order valence-corrected chi connectivity index (χ1v) is 12.0. The van der Waals surface area contributed by atoms with Gasteiger partial charge in [-0.05, 0) is 47.9 Å². The maximum atomic E-state index is 13.3. The van der Waals surface area contributed by atoms with Gasteiger partial charge in [0.2, 0.25) is 11.7 Å². The first-order valence-electron chi connectivity index (χ1n) is 11.6. The number of urea groups is 1. The zero-order valence-corrected chi connectivity index (χ0v) is 20.4. The molecule has 1 aromatic heterocycles. The number of halogens is 1. The number of para-hydroxylation sites is 1. The van der Waals surface area contributed by atoms with Crippen molar-refractivity contribution in [1.82, 2.24) is 15.0 Å². The van der Waals surface area contributed by atoms with Crippen LogP contribution in [0.15, 0.2) is 47.0 Å². The van der Waals surface area contributed by atoms with E-state index in [0.29, 0.717) is 41.7 Å². The summed E-state index contributed by atoms with van der Waals surface area (Å²) in [4.78, 5) is 19.8. The molecule has 4 rings (SSSR count). The highest BCUT2D eigenvalue weighted by molar-refractivity contribution is 6.30. The monoisotopic (exact) mass is 466 g/mol. The highest BCUT2D eigenvalue weighted by atomic mass is 35.5. The van der Waals surface area contributed by atoms with E-state index in [0.717, 1.165) is 35.2 Å². The lowest BCUT2D eigenvalue weighted by Crippen LogP contribution is -2.42. The molecule has 1 saturated heterocycles. The highest BCUT2D eigenvalue weighted by Crippen LogP contribution is 2.34. The first kappa shape index (κ1) is 23.3. The minimum absolute atomic E-state index is 0.00912. The van der Waals surface area contributed by atoms with E-state index in [2.05, 4.69) is 61.4 Å². The number of aromatic nitrogens is 2. The van der Waals surface area contributed by atoms with Gasteiger partial charge in [0, 0.05) is 29.4 Å². The smallest absolute Gasteiger partial charge is 0.321 e. The molecule has 174 valence electrons. The summed E-state index contributed by atoms with van der Waals surface area (Å²) < 4.78 is 5.58. The fourth-order valence-electron chi connectivity index (χ4n) is 4.39. The van der Waals surface area contributed by atoms with Crippen LogP contribution < -0.4 is 5.32 Å². The molecule has 0 spiro atoms. The molecule has 1 aliphatic heterocycles. The molecule has 1 atom stereocenters. The van der Waals surface area contributed by atoms with E-state index in [1.54, 1.807) is 0 Å². The number of rotatable bonds is 5. The molecule has 0 radical (unpaired) electrons. The average molecular weight is 467 g/mol. The van der Waals surface area contributed by atoms with Gasteiger partial charge in [0.05, 0.1) is 5.92 Å². The van der Waals surface area contributed by atoms with Gasteiger partial charge >= 0.3 is 6.03 Å². The molecule has 0 saturated carbocycles. The Morgan fingerprint density at radius 3 is 2.48 bits per heavy atom. The van der Waals surface area contributed by atoms with Crippen LogP contribution in [-0.2, 0) is 0 Å². The minimum atomic E-state index is -0.0794. The minimum Gasteiger partial charge on any atom is -0.339 e. The molecular formula is C26H31ClN4O2. The Morgan fingerprint density at radius 1 is 1.12 bits per heavy atom. The number of piperidine rings is 1. The maximum Gasteiger partial charge on any atom is 0.321 e. The van der Waals surface area contributed by atoms with Crippen LogP contribution in [0.1, 0.15) is 75.3 Å². The van der Waals surface area contributed by atoms with Crippen LogP contribution in [0.3, 0.4) is 0 Å². The number of hydrogen-bond donors (Lipinski definition) is 1. The predicted octanol–water partition coefficient (Wildman–Crippen LogP) is 7.05. The third-order valence-corrected chi connectivity index (χ3v) is 6.42. The normalized spacial score (nSPS) is 16.5. The second kappa shape index (κ2) is 9.96. The van der Waals surface area contributed by atoms with Crippen LogP contribution in [0.4, 0.5) is 10.5 Å². The Balaban J connectivity index is 1.50. The lowest BCUT2D eigenvalue weighted by Gasteiger charge is -2.32. The van der Waals surface area contributed by atoms with Crippen molar-refractivity contribution in [1.29, 1.82) is 0 Å². The molecule has 0 aliphatic carbocycles. The van der Waals surface area contributed by atoms with Crippen molar-refractivity contribution in [3.05, 3.63) is 64.5 Å². The molecule has 1 unspecified atom stereocenters. The molecule has 7 heteroatoms. The average Bonchev–Trinajstić information content (AvgIpc) is 3.29. The quantitative estimate of drug-likeness (QED) is 0.437. The molecule has 1 fully saturated rings. The van der Waals surface area contributed by atoms with E-state index in [4.69, 9.17) is 16.1 Å². The third-order valence-electron chi connectivity index (χ3n) is 6.19. The Morgan fingerprint density at radius 2 is 1.82 bits per heavy atom. The number of anilines is 1. The molecule has 6 nitrogen and oxygen atoms in total. The number of nitrogens with one attached hydrogen (secondary N) is 1. The van der Waals surface area contributed by atoms with Gasteiger partial charge in [0.25, 0.3) is 0 Å². The van der Waals surface area contributed by atoms with Crippen LogP contribution in [0.25, 0.3) is 11.4 Å². The van der Waals surface area contributed by atoms with E-state index in [9.17, 15) is 4.79 Å². The van der Waals surface area contributed by atoms with Gasteiger partial charge in [-0.2, -0.15) is 4.98 Å². The first-order chi connectivity index (χ1) is 15.8. The molecule has 33 heavy (non-hydrogen) atoms. The molecule has 3 aromatic rings. The van der Waals surface area contributed by atoms with E-state index in [1.807, 2.05) is 29.2 Å². The number of nitrogens with zero attached hydrogens (tertiary/aromatic N) is 3. The van der Waals surface area contributed by atoms with Gasteiger partial charge in [-0.1, -0.05) is 74.8 Å². The number of amides is 2. The third kappa shape index (κ3) is 5.22. The zero-order valence-electron chi connectivity index (χ0n) is 19.6. The van der Waals surface area contributed by atoms with Gasteiger partial charge in [-0.15, -0.1) is 0 Å².